The molecule has 68 valence electrons. The summed E-state index contributed by atoms with van der Waals surface area (Å²) in [6.45, 7) is 0.607. The van der Waals surface area contributed by atoms with Crippen molar-refractivity contribution in [1.82, 2.24) is 5.32 Å². The number of nitrogens with one attached hydrogen (secondary N) is 1. The molecule has 3 N–H and O–H groups in total. The molecule has 0 aliphatic carbocycles. The Morgan fingerprint density at radius 2 is 2.17 bits per heavy atom. The molecule has 1 aliphatic rings. The molecule has 0 radical (unpaired) electrons. The van der Waals surface area contributed by atoms with Crippen LogP contribution in [0.15, 0.2) is 0 Å². The van der Waals surface area contributed by atoms with Crippen molar-refractivity contribution in [3.63, 3.8) is 0 Å². The van der Waals surface area contributed by atoms with Crippen LogP contribution in [0.1, 0.15) is 19.3 Å². The van der Waals surface area contributed by atoms with E-state index in [4.69, 9.17) is 5.73 Å². The second-order valence-electron chi connectivity index (χ2n) is 2.69. The molecule has 1 aliphatic heterocycles. The Hall–Kier alpha value is -1.10. The fourth-order valence-corrected chi connectivity index (χ4v) is 1.08. The molecule has 5 nitrogen and oxygen atoms in total. The number of rotatable bonds is 4. The molecular formula is C7H12N2O3. The van der Waals surface area contributed by atoms with Gasteiger partial charge in [0.1, 0.15) is 6.04 Å². The van der Waals surface area contributed by atoms with E-state index in [0.29, 0.717) is 13.0 Å². The van der Waals surface area contributed by atoms with Gasteiger partial charge < -0.3 is 15.8 Å². The van der Waals surface area contributed by atoms with E-state index >= 15 is 0 Å². The van der Waals surface area contributed by atoms with Crippen molar-refractivity contribution in [1.29, 1.82) is 0 Å². The van der Waals surface area contributed by atoms with E-state index in [1.54, 1.807) is 0 Å². The first kappa shape index (κ1) is 8.99. The molecule has 0 aromatic rings. The van der Waals surface area contributed by atoms with E-state index in [0.717, 1.165) is 12.8 Å². The zero-order chi connectivity index (χ0) is 8.97. The van der Waals surface area contributed by atoms with E-state index in [1.165, 1.54) is 0 Å². The Kier molecular flexibility index (Phi) is 3.04. The Balaban J connectivity index is 2.24. The normalized spacial score (nSPS) is 22.2. The maximum absolute atomic E-state index is 10.8. The first-order valence-corrected chi connectivity index (χ1v) is 3.96. The highest BCUT2D eigenvalue weighted by Crippen LogP contribution is 2.07. The third-order valence-electron chi connectivity index (χ3n) is 1.72. The lowest BCUT2D eigenvalue weighted by Gasteiger charge is -2.02. The summed E-state index contributed by atoms with van der Waals surface area (Å²) in [5, 5.41) is 2.41. The molecule has 5 heteroatoms. The Morgan fingerprint density at radius 3 is 2.67 bits per heavy atom. The fraction of sp³-hybridized carbons (Fsp3) is 0.714. The van der Waals surface area contributed by atoms with Gasteiger partial charge in [0.15, 0.2) is 0 Å². The molecule has 1 heterocycles. The number of amides is 1. The van der Waals surface area contributed by atoms with Crippen LogP contribution in [0.2, 0.25) is 0 Å². The average molecular weight is 172 g/mol. The van der Waals surface area contributed by atoms with Crippen LogP contribution in [-0.2, 0) is 9.53 Å². The molecule has 1 fully saturated rings. The van der Waals surface area contributed by atoms with Gasteiger partial charge in [0, 0.05) is 0 Å². The van der Waals surface area contributed by atoms with Crippen molar-refractivity contribution in [3.05, 3.63) is 0 Å². The van der Waals surface area contributed by atoms with Gasteiger partial charge >= 0.3 is 12.1 Å². The minimum atomic E-state index is -0.641. The van der Waals surface area contributed by atoms with Crippen LogP contribution in [0.3, 0.4) is 0 Å². The topological polar surface area (TPSA) is 81.4 Å². The molecular weight excluding hydrogens is 160 g/mol. The van der Waals surface area contributed by atoms with E-state index in [-0.39, 0.29) is 0 Å². The first-order chi connectivity index (χ1) is 5.74. The lowest BCUT2D eigenvalue weighted by Crippen LogP contribution is -2.28. The van der Waals surface area contributed by atoms with Gasteiger partial charge in [-0.15, -0.1) is 0 Å². The van der Waals surface area contributed by atoms with Crippen LogP contribution in [0, 0.1) is 0 Å². The van der Waals surface area contributed by atoms with Gasteiger partial charge in [-0.1, -0.05) is 0 Å². The number of carbonyl (C=O) groups is 2. The predicted molar refractivity (Wildman–Crippen MR) is 41.3 cm³/mol. The van der Waals surface area contributed by atoms with E-state index in [1.807, 2.05) is 0 Å². The lowest BCUT2D eigenvalue weighted by molar-refractivity contribution is -0.135. The highest BCUT2D eigenvalue weighted by molar-refractivity contribution is 5.95. The standard InChI is InChI=1S/C7H12N2O3/c8-4-2-1-3-5-6(10)12-7(11)9-5/h5H,1-4,8H2,(H,9,11). The summed E-state index contributed by atoms with van der Waals surface area (Å²) >= 11 is 0. The zero-order valence-electron chi connectivity index (χ0n) is 6.71. The van der Waals surface area contributed by atoms with Gasteiger partial charge in [-0.05, 0) is 25.8 Å². The maximum Gasteiger partial charge on any atom is 0.415 e. The van der Waals surface area contributed by atoms with Crippen molar-refractivity contribution in [2.75, 3.05) is 6.54 Å². The first-order valence-electron chi connectivity index (χ1n) is 3.96. The third-order valence-corrected chi connectivity index (χ3v) is 1.72. The molecule has 1 atom stereocenters. The second-order valence-corrected chi connectivity index (χ2v) is 2.69. The molecule has 1 saturated heterocycles. The smallest absolute Gasteiger partial charge is 0.375 e. The third kappa shape index (κ3) is 2.20. The molecule has 1 unspecified atom stereocenters. The van der Waals surface area contributed by atoms with Crippen LogP contribution in [0.5, 0.6) is 0 Å². The lowest BCUT2D eigenvalue weighted by atomic mass is 10.1. The largest absolute Gasteiger partial charge is 0.415 e. The molecule has 0 saturated carbocycles. The van der Waals surface area contributed by atoms with Crippen LogP contribution in [0.4, 0.5) is 4.79 Å². The SMILES string of the molecule is NCCCCC1NC(=O)OC1=O. The van der Waals surface area contributed by atoms with Crippen LogP contribution in [0.25, 0.3) is 0 Å². The van der Waals surface area contributed by atoms with Crippen molar-refractivity contribution >= 4 is 12.1 Å². The predicted octanol–water partition coefficient (Wildman–Crippen LogP) is -0.250. The monoisotopic (exact) mass is 172 g/mol. The highest BCUT2D eigenvalue weighted by Gasteiger charge is 2.31. The quantitative estimate of drug-likeness (QED) is 0.348. The van der Waals surface area contributed by atoms with Crippen molar-refractivity contribution < 1.29 is 14.3 Å². The summed E-state index contributed by atoms with van der Waals surface area (Å²) in [6, 6.07) is -0.455. The van der Waals surface area contributed by atoms with Crippen LogP contribution < -0.4 is 11.1 Å². The molecule has 12 heavy (non-hydrogen) atoms. The number of esters is 1. The number of alkyl carbamates (subject to hydrolysis) is 1. The summed E-state index contributed by atoms with van der Waals surface area (Å²) < 4.78 is 4.28. The number of ether oxygens (including phenoxy) is 1. The van der Waals surface area contributed by atoms with Gasteiger partial charge in [-0.3, -0.25) is 0 Å². The summed E-state index contributed by atoms with van der Waals surface area (Å²) in [4.78, 5) is 21.4. The summed E-state index contributed by atoms with van der Waals surface area (Å²) in [7, 11) is 0. The average Bonchev–Trinajstić information content (AvgIpc) is 2.31. The number of hydrogen-bond donors (Lipinski definition) is 2. The van der Waals surface area contributed by atoms with Gasteiger partial charge in [0.05, 0.1) is 0 Å². The van der Waals surface area contributed by atoms with Gasteiger partial charge in [-0.25, -0.2) is 9.59 Å². The van der Waals surface area contributed by atoms with Gasteiger partial charge in [0.25, 0.3) is 0 Å². The van der Waals surface area contributed by atoms with Crippen LogP contribution in [-0.4, -0.2) is 24.6 Å². The van der Waals surface area contributed by atoms with Gasteiger partial charge in [-0.2, -0.15) is 0 Å². The number of carbonyl (C=O) groups excluding carboxylic acids is 2. The molecule has 0 aromatic heterocycles. The molecule has 1 amide bonds. The molecule has 0 bridgehead atoms. The van der Waals surface area contributed by atoms with E-state index in [9.17, 15) is 9.59 Å². The number of unbranched alkanes of at least 4 members (excludes halogenated alkanes) is 1. The number of cyclic esters (lactones) is 2. The minimum absolute atomic E-state index is 0.455. The highest BCUT2D eigenvalue weighted by atomic mass is 16.6. The number of nitrogens with two attached hydrogens (primary N) is 1. The van der Waals surface area contributed by atoms with Crippen LogP contribution >= 0.6 is 0 Å². The minimum Gasteiger partial charge on any atom is -0.375 e. The van der Waals surface area contributed by atoms with Crippen molar-refractivity contribution in [2.24, 2.45) is 5.73 Å². The summed E-state index contributed by atoms with van der Waals surface area (Å²) in [5.74, 6) is -0.475. The Morgan fingerprint density at radius 1 is 1.42 bits per heavy atom. The van der Waals surface area contributed by atoms with Crippen molar-refractivity contribution in [2.45, 2.75) is 25.3 Å². The Bertz CT molecular complexity index is 193. The van der Waals surface area contributed by atoms with E-state index < -0.39 is 18.1 Å². The molecule has 0 aromatic carbocycles. The van der Waals surface area contributed by atoms with Crippen molar-refractivity contribution in [3.8, 4) is 0 Å². The van der Waals surface area contributed by atoms with E-state index in [2.05, 4.69) is 10.1 Å². The maximum atomic E-state index is 10.8. The zero-order valence-corrected chi connectivity index (χ0v) is 6.71. The Labute approximate surface area is 70.2 Å². The fourth-order valence-electron chi connectivity index (χ4n) is 1.08. The number of hydrogen-bond acceptors (Lipinski definition) is 4. The second kappa shape index (κ2) is 4.06. The summed E-state index contributed by atoms with van der Waals surface area (Å²) in [6.07, 6.45) is 1.66. The van der Waals surface area contributed by atoms with Gasteiger partial charge in [0.2, 0.25) is 0 Å². The molecule has 1 rings (SSSR count). The molecule has 0 spiro atoms. The summed E-state index contributed by atoms with van der Waals surface area (Å²) in [5.41, 5.74) is 5.27.